The minimum Gasteiger partial charge on any atom is -0.462 e. The van der Waals surface area contributed by atoms with E-state index in [0.29, 0.717) is 12.8 Å². The summed E-state index contributed by atoms with van der Waals surface area (Å²) in [4.78, 5) is 38.4. The number of carbonyl (C=O) groups is 3. The van der Waals surface area contributed by atoms with Gasteiger partial charge in [0.1, 0.15) is 13.2 Å². The molecule has 0 saturated carbocycles. The van der Waals surface area contributed by atoms with Crippen LogP contribution in [0.4, 0.5) is 0 Å². The molecule has 6 heteroatoms. The predicted octanol–water partition coefficient (Wildman–Crippen LogP) is 23.8. The Morgan fingerprint density at radius 1 is 0.259 bits per heavy atom. The van der Waals surface area contributed by atoms with Gasteiger partial charge in [-0.2, -0.15) is 0 Å². The van der Waals surface area contributed by atoms with Crippen molar-refractivity contribution in [2.24, 2.45) is 0 Å². The van der Waals surface area contributed by atoms with Crippen molar-refractivity contribution >= 4 is 17.9 Å². The second kappa shape index (κ2) is 68.6. The van der Waals surface area contributed by atoms with Gasteiger partial charge in [0, 0.05) is 19.3 Å². The van der Waals surface area contributed by atoms with Gasteiger partial charge in [-0.25, -0.2) is 0 Å². The van der Waals surface area contributed by atoms with E-state index >= 15 is 0 Å². The highest BCUT2D eigenvalue weighted by atomic mass is 16.6. The van der Waals surface area contributed by atoms with E-state index in [0.717, 1.165) is 109 Å². The zero-order chi connectivity index (χ0) is 58.5. The molecule has 0 aliphatic heterocycles. The zero-order valence-corrected chi connectivity index (χ0v) is 53.3. The molecule has 0 aromatic rings. The molecule has 0 aromatic heterocycles. The zero-order valence-electron chi connectivity index (χ0n) is 53.3. The summed E-state index contributed by atoms with van der Waals surface area (Å²) in [6, 6.07) is 0. The molecule has 0 bridgehead atoms. The lowest BCUT2D eigenvalue weighted by Gasteiger charge is -2.18. The average Bonchev–Trinajstić information content (AvgIpc) is 3.47. The van der Waals surface area contributed by atoms with Gasteiger partial charge >= 0.3 is 17.9 Å². The monoisotopic (exact) mass is 1120 g/mol. The summed E-state index contributed by atoms with van der Waals surface area (Å²) in [5.41, 5.74) is 0. The van der Waals surface area contributed by atoms with Crippen molar-refractivity contribution < 1.29 is 28.6 Å². The number of hydrogen-bond donors (Lipinski definition) is 0. The molecule has 0 fully saturated rings. The lowest BCUT2D eigenvalue weighted by molar-refractivity contribution is -0.167. The van der Waals surface area contributed by atoms with Crippen LogP contribution < -0.4 is 0 Å². The molecule has 0 spiro atoms. The van der Waals surface area contributed by atoms with Gasteiger partial charge in [0.15, 0.2) is 6.10 Å². The van der Waals surface area contributed by atoms with Crippen LogP contribution in [-0.2, 0) is 28.6 Å². The third kappa shape index (κ3) is 66.8. The first-order chi connectivity index (χ1) is 40.0. The minimum absolute atomic E-state index is 0.0937. The molecule has 1 atom stereocenters. The van der Waals surface area contributed by atoms with E-state index in [-0.39, 0.29) is 37.5 Å². The third-order valence-corrected chi connectivity index (χ3v) is 14.7. The SMILES string of the molecule is CC/C=C\C/C=C\C/C=C\C/C=C\C/C=C\CCCCCC(=O)OC(COC(=O)CCCCCCCCC/C=C\CCCCCCCC)COC(=O)CCCCCCCCCCCCCC/C=C\C/C=C\C/C=C\CCCCCCC. The van der Waals surface area contributed by atoms with Crippen LogP contribution in [0.3, 0.4) is 0 Å². The van der Waals surface area contributed by atoms with Crippen LogP contribution in [0.5, 0.6) is 0 Å². The van der Waals surface area contributed by atoms with E-state index in [1.54, 1.807) is 0 Å². The molecule has 1 unspecified atom stereocenters. The van der Waals surface area contributed by atoms with Gasteiger partial charge in [0.25, 0.3) is 0 Å². The molecule has 0 aliphatic carbocycles. The number of allylic oxidation sites excluding steroid dienone is 18. The van der Waals surface area contributed by atoms with E-state index < -0.39 is 6.10 Å². The van der Waals surface area contributed by atoms with Gasteiger partial charge in [-0.1, -0.05) is 291 Å². The summed E-state index contributed by atoms with van der Waals surface area (Å²) in [6.07, 6.45) is 93.9. The van der Waals surface area contributed by atoms with Gasteiger partial charge in [0.05, 0.1) is 0 Å². The summed E-state index contributed by atoms with van der Waals surface area (Å²) >= 11 is 0. The summed E-state index contributed by atoms with van der Waals surface area (Å²) < 4.78 is 16.9. The molecule has 464 valence electrons. The molecule has 0 saturated heterocycles. The molecule has 81 heavy (non-hydrogen) atoms. The highest BCUT2D eigenvalue weighted by molar-refractivity contribution is 5.71. The van der Waals surface area contributed by atoms with Gasteiger partial charge in [0.2, 0.25) is 0 Å². The maximum Gasteiger partial charge on any atom is 0.306 e. The first-order valence-electron chi connectivity index (χ1n) is 34.4. The Morgan fingerprint density at radius 2 is 0.481 bits per heavy atom. The first-order valence-corrected chi connectivity index (χ1v) is 34.4. The highest BCUT2D eigenvalue weighted by Gasteiger charge is 2.19. The fourth-order valence-corrected chi connectivity index (χ4v) is 9.59. The highest BCUT2D eigenvalue weighted by Crippen LogP contribution is 2.16. The van der Waals surface area contributed by atoms with Crippen LogP contribution in [0, 0.1) is 0 Å². The van der Waals surface area contributed by atoms with Crippen molar-refractivity contribution in [3.8, 4) is 0 Å². The fraction of sp³-hybridized carbons (Fsp3) is 0.720. The Balaban J connectivity index is 4.39. The standard InChI is InChI=1S/C75H128O6/c1-4-7-10-13-16-19-22-25-28-31-33-34-35-36-37-38-39-40-42-44-47-50-53-56-59-62-65-68-74(77)80-71-72(70-79-73(76)67-64-61-58-55-52-49-46-43-30-27-24-21-18-15-12-9-6-3)81-75(78)69-66-63-60-57-54-51-48-45-41-32-29-26-23-20-17-14-11-8-5-2/h8,11,17,20,22,25-27,29-31,33,35-36,41,45,51,54,72H,4-7,9-10,12-16,18-19,21,23-24,28,32,34,37-40,42-44,46-50,52-53,55-71H2,1-3H3/b11-8-,20-17-,25-22-,29-26-,30-27-,33-31-,36-35-,45-41-,54-51-. The van der Waals surface area contributed by atoms with Gasteiger partial charge in [-0.3, -0.25) is 14.4 Å². The van der Waals surface area contributed by atoms with Crippen LogP contribution in [0.25, 0.3) is 0 Å². The van der Waals surface area contributed by atoms with Crippen molar-refractivity contribution in [2.45, 2.75) is 335 Å². The maximum absolute atomic E-state index is 12.9. The summed E-state index contributed by atoms with van der Waals surface area (Å²) in [5, 5.41) is 0. The van der Waals surface area contributed by atoms with Crippen molar-refractivity contribution in [3.05, 3.63) is 109 Å². The van der Waals surface area contributed by atoms with Gasteiger partial charge in [-0.15, -0.1) is 0 Å². The largest absolute Gasteiger partial charge is 0.462 e. The Kier molecular flexibility index (Phi) is 65.2. The summed E-state index contributed by atoms with van der Waals surface area (Å²) in [7, 11) is 0. The van der Waals surface area contributed by atoms with Crippen LogP contribution >= 0.6 is 0 Å². The second-order valence-corrected chi connectivity index (χ2v) is 22.7. The molecule has 0 aliphatic rings. The second-order valence-electron chi connectivity index (χ2n) is 22.7. The molecule has 0 radical (unpaired) electrons. The molecule has 0 heterocycles. The van der Waals surface area contributed by atoms with Crippen LogP contribution in [0.1, 0.15) is 329 Å². The number of ether oxygens (including phenoxy) is 3. The Bertz CT molecular complexity index is 1620. The van der Waals surface area contributed by atoms with Crippen LogP contribution in [0.15, 0.2) is 109 Å². The van der Waals surface area contributed by atoms with Crippen LogP contribution in [0.2, 0.25) is 0 Å². The number of carbonyl (C=O) groups excluding carboxylic acids is 3. The Labute approximate surface area is 501 Å². The molecule has 0 aromatic carbocycles. The lowest BCUT2D eigenvalue weighted by atomic mass is 10.0. The average molecular weight is 1130 g/mol. The molecule has 6 nitrogen and oxygen atoms in total. The number of esters is 3. The Morgan fingerprint density at radius 3 is 0.778 bits per heavy atom. The molecule has 0 amide bonds. The van der Waals surface area contributed by atoms with Crippen molar-refractivity contribution in [1.82, 2.24) is 0 Å². The van der Waals surface area contributed by atoms with Crippen molar-refractivity contribution in [2.75, 3.05) is 13.2 Å². The molecule has 0 N–H and O–H groups in total. The molecular formula is C75H128O6. The van der Waals surface area contributed by atoms with Gasteiger partial charge < -0.3 is 14.2 Å². The minimum atomic E-state index is -0.802. The van der Waals surface area contributed by atoms with E-state index in [1.165, 1.54) is 180 Å². The third-order valence-electron chi connectivity index (χ3n) is 14.7. The van der Waals surface area contributed by atoms with Crippen molar-refractivity contribution in [1.29, 1.82) is 0 Å². The normalized spacial score (nSPS) is 12.8. The van der Waals surface area contributed by atoms with E-state index in [1.807, 2.05) is 0 Å². The van der Waals surface area contributed by atoms with Gasteiger partial charge in [-0.05, 0) is 128 Å². The topological polar surface area (TPSA) is 78.9 Å². The summed E-state index contributed by atoms with van der Waals surface area (Å²) in [6.45, 7) is 6.51. The first kappa shape index (κ1) is 77.1. The molecular weight excluding hydrogens is 997 g/mol. The van der Waals surface area contributed by atoms with E-state index in [2.05, 4.69) is 130 Å². The fourth-order valence-electron chi connectivity index (χ4n) is 9.59. The van der Waals surface area contributed by atoms with Crippen molar-refractivity contribution in [3.63, 3.8) is 0 Å². The van der Waals surface area contributed by atoms with Crippen LogP contribution in [-0.4, -0.2) is 37.2 Å². The summed E-state index contributed by atoms with van der Waals surface area (Å²) in [5.74, 6) is -0.921. The maximum atomic E-state index is 12.9. The quantitative estimate of drug-likeness (QED) is 0.0261. The number of hydrogen-bond acceptors (Lipinski definition) is 6. The predicted molar refractivity (Wildman–Crippen MR) is 353 cm³/mol. The smallest absolute Gasteiger partial charge is 0.306 e. The lowest BCUT2D eigenvalue weighted by Crippen LogP contribution is -2.30. The number of rotatable bonds is 62. The molecule has 0 rings (SSSR count). The van der Waals surface area contributed by atoms with E-state index in [4.69, 9.17) is 14.2 Å². The Hall–Kier alpha value is -3.93. The number of unbranched alkanes of at least 4 members (excludes halogenated alkanes) is 33. The van der Waals surface area contributed by atoms with E-state index in [9.17, 15) is 14.4 Å².